The number of allylic oxidation sites excluding steroid dienone is 2. The predicted molar refractivity (Wildman–Crippen MR) is 123 cm³/mol. The van der Waals surface area contributed by atoms with E-state index in [-0.39, 0.29) is 11.7 Å². The molecule has 0 radical (unpaired) electrons. The summed E-state index contributed by atoms with van der Waals surface area (Å²) >= 11 is 0. The van der Waals surface area contributed by atoms with E-state index in [1.54, 1.807) is 0 Å². The normalized spacial score (nSPS) is 20.5. The zero-order valence-corrected chi connectivity index (χ0v) is 19.5. The number of rotatable bonds is 8. The minimum Gasteiger partial charge on any atom is -0.406 e. The van der Waals surface area contributed by atoms with Crippen LogP contribution in [0.15, 0.2) is 40.5 Å². The maximum absolute atomic E-state index is 14.1. The molecule has 10 heteroatoms. The standard InChI is InChI=1S/C24H33F5N4O/c1-23(25,26)22(30)21(17-31-19-5-7-20(8-6-19)34-24(27,28)29)18-9-13-33(14-10-18)16-15-32-11-3-2-4-12-32/h5-8,17-18H,2-4,9-16,30H2,1H3/b22-21+,31-17?. The maximum Gasteiger partial charge on any atom is 0.573 e. The topological polar surface area (TPSA) is 54.1 Å². The summed E-state index contributed by atoms with van der Waals surface area (Å²) in [5.41, 5.74) is 5.94. The lowest BCUT2D eigenvalue weighted by Crippen LogP contribution is -2.42. The second-order valence-electron chi connectivity index (χ2n) is 9.08. The molecular formula is C24H33F5N4O. The van der Waals surface area contributed by atoms with E-state index >= 15 is 0 Å². The average molecular weight is 489 g/mol. The number of hydrogen-bond donors (Lipinski definition) is 1. The van der Waals surface area contributed by atoms with Gasteiger partial charge >= 0.3 is 6.36 Å². The van der Waals surface area contributed by atoms with Gasteiger partial charge < -0.3 is 20.3 Å². The van der Waals surface area contributed by atoms with Gasteiger partial charge in [0.05, 0.1) is 11.4 Å². The SMILES string of the molecule is CC(F)(F)/C(N)=C(/C=Nc1ccc(OC(F)(F)F)cc1)C1CCN(CCN2CCCCC2)CC1. The summed E-state index contributed by atoms with van der Waals surface area (Å²) < 4.78 is 69.0. The Hall–Kier alpha value is -2.20. The molecule has 1 aromatic carbocycles. The molecule has 3 rings (SSSR count). The molecule has 34 heavy (non-hydrogen) atoms. The van der Waals surface area contributed by atoms with Crippen molar-refractivity contribution in [1.82, 2.24) is 9.80 Å². The van der Waals surface area contributed by atoms with E-state index < -0.39 is 18.0 Å². The highest BCUT2D eigenvalue weighted by Gasteiger charge is 2.32. The van der Waals surface area contributed by atoms with Crippen LogP contribution in [0.2, 0.25) is 0 Å². The van der Waals surface area contributed by atoms with Crippen molar-refractivity contribution in [3.05, 3.63) is 35.5 Å². The monoisotopic (exact) mass is 488 g/mol. The van der Waals surface area contributed by atoms with Crippen LogP contribution in [-0.4, -0.2) is 67.6 Å². The molecule has 0 aliphatic carbocycles. The fourth-order valence-electron chi connectivity index (χ4n) is 4.46. The summed E-state index contributed by atoms with van der Waals surface area (Å²) in [6, 6.07) is 4.92. The molecule has 0 amide bonds. The third kappa shape index (κ3) is 8.23. The van der Waals surface area contributed by atoms with Crippen molar-refractivity contribution < 1.29 is 26.7 Å². The lowest BCUT2D eigenvalue weighted by molar-refractivity contribution is -0.274. The first-order chi connectivity index (χ1) is 16.0. The molecule has 2 fully saturated rings. The summed E-state index contributed by atoms with van der Waals surface area (Å²) in [4.78, 5) is 9.06. The van der Waals surface area contributed by atoms with Gasteiger partial charge in [-0.25, -0.2) is 8.78 Å². The van der Waals surface area contributed by atoms with E-state index in [1.165, 1.54) is 37.6 Å². The molecule has 0 spiro atoms. The third-order valence-corrected chi connectivity index (χ3v) is 6.42. The van der Waals surface area contributed by atoms with Crippen LogP contribution in [0.25, 0.3) is 0 Å². The van der Waals surface area contributed by atoms with E-state index in [9.17, 15) is 22.0 Å². The molecule has 0 saturated carbocycles. The number of nitrogens with two attached hydrogens (primary N) is 1. The maximum atomic E-state index is 14.1. The Labute approximate surface area is 197 Å². The van der Waals surface area contributed by atoms with E-state index in [2.05, 4.69) is 19.5 Å². The van der Waals surface area contributed by atoms with Crippen molar-refractivity contribution in [1.29, 1.82) is 0 Å². The first-order valence-corrected chi connectivity index (χ1v) is 11.7. The number of hydrogen-bond acceptors (Lipinski definition) is 5. The fourth-order valence-corrected chi connectivity index (χ4v) is 4.46. The number of nitrogens with zero attached hydrogens (tertiary/aromatic N) is 3. The van der Waals surface area contributed by atoms with E-state index in [0.29, 0.717) is 24.1 Å². The molecule has 2 N–H and O–H groups in total. The molecule has 1 aromatic rings. The van der Waals surface area contributed by atoms with Crippen LogP contribution in [0.1, 0.15) is 39.0 Å². The molecule has 2 heterocycles. The molecule has 190 valence electrons. The van der Waals surface area contributed by atoms with Gasteiger partial charge in [0, 0.05) is 26.2 Å². The Morgan fingerprint density at radius 1 is 0.971 bits per heavy atom. The Morgan fingerprint density at radius 3 is 2.06 bits per heavy atom. The molecular weight excluding hydrogens is 455 g/mol. The number of alkyl halides is 5. The Balaban J connectivity index is 1.63. The van der Waals surface area contributed by atoms with Gasteiger partial charge in [0.1, 0.15) is 5.75 Å². The number of piperidine rings is 2. The molecule has 0 aromatic heterocycles. The summed E-state index contributed by atoms with van der Waals surface area (Å²) in [5, 5.41) is 0. The summed E-state index contributed by atoms with van der Waals surface area (Å²) in [6.07, 6.45) is 1.72. The summed E-state index contributed by atoms with van der Waals surface area (Å²) in [5.74, 6) is -3.73. The van der Waals surface area contributed by atoms with Crippen molar-refractivity contribution in [2.75, 3.05) is 39.3 Å². The van der Waals surface area contributed by atoms with Crippen molar-refractivity contribution in [3.8, 4) is 5.75 Å². The van der Waals surface area contributed by atoms with Crippen molar-refractivity contribution >= 4 is 11.9 Å². The Morgan fingerprint density at radius 2 is 1.53 bits per heavy atom. The van der Waals surface area contributed by atoms with Crippen LogP contribution in [-0.2, 0) is 0 Å². The largest absolute Gasteiger partial charge is 0.573 e. The number of benzene rings is 1. The third-order valence-electron chi connectivity index (χ3n) is 6.42. The lowest BCUT2D eigenvalue weighted by Gasteiger charge is -2.35. The van der Waals surface area contributed by atoms with Crippen LogP contribution in [0.3, 0.4) is 0 Å². The van der Waals surface area contributed by atoms with Gasteiger partial charge in [-0.1, -0.05) is 6.42 Å². The van der Waals surface area contributed by atoms with Crippen LogP contribution in [0.4, 0.5) is 27.6 Å². The van der Waals surface area contributed by atoms with E-state index in [4.69, 9.17) is 5.73 Å². The minimum absolute atomic E-state index is 0.159. The van der Waals surface area contributed by atoms with Crippen LogP contribution in [0, 0.1) is 5.92 Å². The average Bonchev–Trinajstić information content (AvgIpc) is 2.78. The van der Waals surface area contributed by atoms with Gasteiger partial charge in [0.2, 0.25) is 0 Å². The molecule has 5 nitrogen and oxygen atoms in total. The number of aliphatic imine (C=N–C) groups is 1. The predicted octanol–water partition coefficient (Wildman–Crippen LogP) is 5.35. The van der Waals surface area contributed by atoms with Crippen molar-refractivity contribution in [2.24, 2.45) is 16.6 Å². The quantitative estimate of drug-likeness (QED) is 0.396. The van der Waals surface area contributed by atoms with Gasteiger partial charge in [-0.05, 0) is 87.6 Å². The van der Waals surface area contributed by atoms with E-state index in [1.807, 2.05) is 0 Å². The van der Waals surface area contributed by atoms with Gasteiger partial charge in [0.25, 0.3) is 5.92 Å². The van der Waals surface area contributed by atoms with Crippen molar-refractivity contribution in [3.63, 3.8) is 0 Å². The molecule has 0 unspecified atom stereocenters. The fraction of sp³-hybridized carbons (Fsp3) is 0.625. The zero-order valence-electron chi connectivity index (χ0n) is 19.5. The highest BCUT2D eigenvalue weighted by Crippen LogP contribution is 2.31. The van der Waals surface area contributed by atoms with Gasteiger partial charge in [-0.3, -0.25) is 4.99 Å². The zero-order chi connectivity index (χ0) is 24.8. The van der Waals surface area contributed by atoms with Gasteiger partial charge in [-0.15, -0.1) is 13.2 Å². The smallest absolute Gasteiger partial charge is 0.406 e. The van der Waals surface area contributed by atoms with Crippen LogP contribution in [0.5, 0.6) is 5.75 Å². The van der Waals surface area contributed by atoms with E-state index in [0.717, 1.165) is 58.3 Å². The molecule has 2 saturated heterocycles. The summed E-state index contributed by atoms with van der Waals surface area (Å²) in [7, 11) is 0. The van der Waals surface area contributed by atoms with Crippen LogP contribution >= 0.6 is 0 Å². The highest BCUT2D eigenvalue weighted by atomic mass is 19.4. The van der Waals surface area contributed by atoms with Crippen LogP contribution < -0.4 is 10.5 Å². The molecule has 0 atom stereocenters. The molecule has 2 aliphatic heterocycles. The second-order valence-corrected chi connectivity index (χ2v) is 9.08. The van der Waals surface area contributed by atoms with Crippen molar-refractivity contribution in [2.45, 2.75) is 51.3 Å². The second kappa shape index (κ2) is 11.5. The lowest BCUT2D eigenvalue weighted by atomic mass is 9.87. The Kier molecular flexibility index (Phi) is 8.92. The molecule has 0 bridgehead atoms. The highest BCUT2D eigenvalue weighted by molar-refractivity contribution is 5.83. The van der Waals surface area contributed by atoms with Gasteiger partial charge in [0.15, 0.2) is 0 Å². The first-order valence-electron chi connectivity index (χ1n) is 11.7. The van der Waals surface area contributed by atoms with Gasteiger partial charge in [-0.2, -0.15) is 0 Å². The number of ether oxygens (including phenoxy) is 1. The first kappa shape index (κ1) is 26.4. The summed E-state index contributed by atoms with van der Waals surface area (Å²) in [6.45, 7) is 6.62. The number of halogens is 5. The Bertz CT molecular complexity index is 834. The number of likely N-dealkylation sites (tertiary alicyclic amines) is 2. The molecule has 2 aliphatic rings. The minimum atomic E-state index is -4.79.